The van der Waals surface area contributed by atoms with Crippen LogP contribution in [-0.2, 0) is 25.1 Å². The molecule has 11 heteroatoms. The monoisotopic (exact) mass is 522 g/mol. The minimum Gasteiger partial charge on any atom is -0.378 e. The summed E-state index contributed by atoms with van der Waals surface area (Å²) >= 11 is 0. The van der Waals surface area contributed by atoms with E-state index in [1.807, 2.05) is 0 Å². The molecular weight excluding hydrogens is 496 g/mol. The predicted octanol–water partition coefficient (Wildman–Crippen LogP) is 1.77. The van der Waals surface area contributed by atoms with Crippen LogP contribution in [-0.4, -0.2) is 92.4 Å². The molecule has 2 aromatic carbocycles. The Hall–Kier alpha value is -3.54. The molecule has 10 nitrogen and oxygen atoms in total. The van der Waals surface area contributed by atoms with Crippen LogP contribution in [0.15, 0.2) is 53.4 Å². The maximum atomic E-state index is 13.5. The van der Waals surface area contributed by atoms with E-state index < -0.39 is 9.84 Å². The van der Waals surface area contributed by atoms with E-state index in [0.29, 0.717) is 80.7 Å². The van der Waals surface area contributed by atoms with E-state index >= 15 is 0 Å². The van der Waals surface area contributed by atoms with Crippen molar-refractivity contribution in [3.8, 4) is 16.9 Å². The van der Waals surface area contributed by atoms with Crippen molar-refractivity contribution in [1.29, 1.82) is 0 Å². The first-order valence-corrected chi connectivity index (χ1v) is 13.9. The summed E-state index contributed by atoms with van der Waals surface area (Å²) in [7, 11) is -3.65. The molecule has 4 heterocycles. The van der Waals surface area contributed by atoms with Gasteiger partial charge in [-0.2, -0.15) is 5.10 Å². The van der Waals surface area contributed by atoms with Gasteiger partial charge in [-0.25, -0.2) is 13.1 Å². The Kier molecular flexibility index (Phi) is 6.06. The summed E-state index contributed by atoms with van der Waals surface area (Å²) in [5.41, 5.74) is 2.77. The van der Waals surface area contributed by atoms with Gasteiger partial charge in [0, 0.05) is 42.9 Å². The smallest absolute Gasteiger partial charge is 0.274 e. The van der Waals surface area contributed by atoms with Crippen molar-refractivity contribution in [2.75, 3.05) is 52.6 Å². The van der Waals surface area contributed by atoms with Gasteiger partial charge in [-0.3, -0.25) is 9.59 Å². The summed E-state index contributed by atoms with van der Waals surface area (Å²) < 4.78 is 38.7. The molecule has 0 N–H and O–H groups in total. The van der Waals surface area contributed by atoms with Crippen LogP contribution >= 0.6 is 0 Å². The van der Waals surface area contributed by atoms with Gasteiger partial charge in [0.05, 0.1) is 48.5 Å². The molecule has 1 aromatic heterocycles. The molecule has 2 saturated heterocycles. The van der Waals surface area contributed by atoms with Crippen molar-refractivity contribution >= 4 is 21.7 Å². The van der Waals surface area contributed by atoms with Crippen molar-refractivity contribution in [1.82, 2.24) is 19.6 Å². The average molecular weight is 523 g/mol. The average Bonchev–Trinajstić information content (AvgIpc) is 3.32. The topological polar surface area (TPSA) is 111 Å². The van der Waals surface area contributed by atoms with E-state index in [1.54, 1.807) is 63.0 Å². The van der Waals surface area contributed by atoms with Crippen LogP contribution in [0.3, 0.4) is 0 Å². The molecule has 0 aliphatic carbocycles. The van der Waals surface area contributed by atoms with Crippen molar-refractivity contribution in [3.63, 3.8) is 0 Å². The second-order valence-electron chi connectivity index (χ2n) is 9.20. The lowest BCUT2D eigenvalue weighted by molar-refractivity contribution is 0.0298. The lowest BCUT2D eigenvalue weighted by atomic mass is 10.0. The number of benzene rings is 2. The molecular formula is C26H26N4O6S. The molecule has 2 amide bonds. The number of morpholine rings is 2. The molecule has 0 bridgehead atoms. The summed E-state index contributed by atoms with van der Waals surface area (Å²) in [6, 6.07) is 13.8. The number of hydrogen-bond acceptors (Lipinski definition) is 7. The Morgan fingerprint density at radius 3 is 2.03 bits per heavy atom. The number of nitrogens with zero attached hydrogens (tertiary/aromatic N) is 4. The Morgan fingerprint density at radius 1 is 0.784 bits per heavy atom. The Labute approximate surface area is 214 Å². The Balaban J connectivity index is 1.44. The van der Waals surface area contributed by atoms with E-state index in [9.17, 15) is 18.0 Å². The summed E-state index contributed by atoms with van der Waals surface area (Å²) in [4.78, 5) is 30.0. The Morgan fingerprint density at radius 2 is 1.38 bits per heavy atom. The number of fused-ring (bicyclic) bond motifs is 3. The number of carbonyl (C=O) groups excluding carboxylic acids is 2. The lowest BCUT2D eigenvalue weighted by Crippen LogP contribution is -2.41. The molecule has 0 radical (unpaired) electrons. The number of rotatable bonds is 3. The lowest BCUT2D eigenvalue weighted by Gasteiger charge is -2.27. The fourth-order valence-electron chi connectivity index (χ4n) is 5.03. The van der Waals surface area contributed by atoms with Gasteiger partial charge < -0.3 is 19.3 Å². The number of aromatic nitrogens is 2. The summed E-state index contributed by atoms with van der Waals surface area (Å²) in [6.45, 7) is 3.82. The zero-order valence-corrected chi connectivity index (χ0v) is 20.9. The number of hydrogen-bond donors (Lipinski definition) is 0. The van der Waals surface area contributed by atoms with Gasteiger partial charge in [-0.1, -0.05) is 18.2 Å². The molecule has 0 saturated carbocycles. The van der Waals surface area contributed by atoms with Gasteiger partial charge in [-0.05, 0) is 30.3 Å². The van der Waals surface area contributed by atoms with E-state index in [-0.39, 0.29) is 28.2 Å². The van der Waals surface area contributed by atoms with Gasteiger partial charge in [0.2, 0.25) is 0 Å². The third-order valence-electron chi connectivity index (χ3n) is 6.95. The van der Waals surface area contributed by atoms with Crippen LogP contribution in [0.2, 0.25) is 0 Å². The number of sulfone groups is 1. The highest BCUT2D eigenvalue weighted by atomic mass is 32.2. The molecule has 3 aliphatic heterocycles. The first-order chi connectivity index (χ1) is 17.9. The zero-order valence-electron chi connectivity index (χ0n) is 20.1. The molecule has 37 heavy (non-hydrogen) atoms. The van der Waals surface area contributed by atoms with Crippen LogP contribution in [0, 0.1) is 0 Å². The largest absolute Gasteiger partial charge is 0.378 e. The maximum Gasteiger partial charge on any atom is 0.274 e. The summed E-state index contributed by atoms with van der Waals surface area (Å²) in [5, 5.41) is 4.67. The fraction of sp³-hybridized carbons (Fsp3) is 0.346. The molecule has 192 valence electrons. The van der Waals surface area contributed by atoms with E-state index in [1.165, 1.54) is 0 Å². The van der Waals surface area contributed by atoms with Crippen molar-refractivity contribution in [3.05, 3.63) is 65.4 Å². The normalized spacial score (nSPS) is 18.7. The van der Waals surface area contributed by atoms with E-state index in [2.05, 4.69) is 5.10 Å². The van der Waals surface area contributed by atoms with Crippen molar-refractivity contribution in [2.45, 2.75) is 10.6 Å². The van der Waals surface area contributed by atoms with Crippen molar-refractivity contribution < 1.29 is 27.5 Å². The van der Waals surface area contributed by atoms with Crippen LogP contribution in [0.1, 0.15) is 26.4 Å². The summed E-state index contributed by atoms with van der Waals surface area (Å²) in [6.07, 6.45) is 0. The minimum absolute atomic E-state index is 0.0723. The van der Waals surface area contributed by atoms with Crippen LogP contribution in [0.5, 0.6) is 0 Å². The quantitative estimate of drug-likeness (QED) is 0.516. The van der Waals surface area contributed by atoms with Crippen LogP contribution in [0.4, 0.5) is 0 Å². The summed E-state index contributed by atoms with van der Waals surface area (Å²) in [5.74, 6) is -0.692. The fourth-order valence-corrected chi connectivity index (χ4v) is 6.63. The molecule has 6 rings (SSSR count). The van der Waals surface area contributed by atoms with Crippen LogP contribution < -0.4 is 0 Å². The van der Waals surface area contributed by atoms with Gasteiger partial charge in [0.25, 0.3) is 11.8 Å². The third kappa shape index (κ3) is 4.22. The highest BCUT2D eigenvalue weighted by Crippen LogP contribution is 2.40. The first-order valence-electron chi connectivity index (χ1n) is 12.2. The molecule has 2 fully saturated rings. The molecule has 3 aliphatic rings. The van der Waals surface area contributed by atoms with E-state index in [4.69, 9.17) is 9.47 Å². The van der Waals surface area contributed by atoms with E-state index in [0.717, 1.165) is 0 Å². The second-order valence-corrected chi connectivity index (χ2v) is 11.2. The first kappa shape index (κ1) is 23.8. The molecule has 3 aromatic rings. The number of ether oxygens (including phenoxy) is 2. The SMILES string of the molecule is O=C(c1ccc(-n2nc(C(=O)N3CCOCC3)c3c2-c2ccccc2S(=O)(=O)C3)cc1)N1CCOCC1. The Bertz CT molecular complexity index is 1470. The highest BCUT2D eigenvalue weighted by Gasteiger charge is 2.37. The molecule has 0 atom stereocenters. The van der Waals surface area contributed by atoms with Gasteiger partial charge in [-0.15, -0.1) is 0 Å². The van der Waals surface area contributed by atoms with Crippen molar-refractivity contribution in [2.24, 2.45) is 0 Å². The second kappa shape index (κ2) is 9.40. The number of amides is 2. The maximum absolute atomic E-state index is 13.5. The standard InChI is InChI=1S/C26H26N4O6S/c31-25(28-9-13-35-14-10-28)18-5-7-19(8-6-18)30-24-20-3-1-2-4-22(20)37(33,34)17-21(24)23(27-30)26(32)29-11-15-36-16-12-29/h1-8H,9-17H2. The van der Waals surface area contributed by atoms with Gasteiger partial charge >= 0.3 is 0 Å². The van der Waals surface area contributed by atoms with Gasteiger partial charge in [0.1, 0.15) is 0 Å². The minimum atomic E-state index is -3.65. The number of carbonyl (C=O) groups is 2. The zero-order chi connectivity index (χ0) is 25.6. The third-order valence-corrected chi connectivity index (χ3v) is 8.65. The highest BCUT2D eigenvalue weighted by molar-refractivity contribution is 7.90. The van der Waals surface area contributed by atoms with Crippen LogP contribution in [0.25, 0.3) is 16.9 Å². The molecule has 0 spiro atoms. The molecule has 0 unspecified atom stereocenters. The predicted molar refractivity (Wildman–Crippen MR) is 133 cm³/mol. The van der Waals surface area contributed by atoms with Gasteiger partial charge in [0.15, 0.2) is 15.5 Å².